The van der Waals surface area contributed by atoms with Crippen molar-refractivity contribution in [2.45, 2.75) is 39.2 Å². The number of piperidine rings is 1. The molecular weight excluding hydrogens is 457 g/mol. The van der Waals surface area contributed by atoms with Gasteiger partial charge in [0.1, 0.15) is 0 Å². The first-order valence-corrected chi connectivity index (χ1v) is 10.7. The van der Waals surface area contributed by atoms with Crippen LogP contribution < -0.4 is 5.32 Å². The summed E-state index contributed by atoms with van der Waals surface area (Å²) in [6.07, 6.45) is 3.14. The van der Waals surface area contributed by atoms with E-state index in [0.717, 1.165) is 58.1 Å². The van der Waals surface area contributed by atoms with E-state index in [1.807, 2.05) is 6.92 Å². The predicted molar refractivity (Wildman–Crippen MR) is 113 cm³/mol. The fourth-order valence-electron chi connectivity index (χ4n) is 2.55. The molecule has 1 aliphatic rings. The van der Waals surface area contributed by atoms with Gasteiger partial charge in [0, 0.05) is 45.7 Å². The van der Waals surface area contributed by atoms with Crippen molar-refractivity contribution in [1.82, 2.24) is 10.2 Å². The summed E-state index contributed by atoms with van der Waals surface area (Å²) in [4.78, 5) is 6.67. The molecule has 1 aliphatic heterocycles. The zero-order chi connectivity index (χ0) is 17.8. The topological polar surface area (TPSA) is 80.2 Å². The molecule has 0 atom stereocenters. The zero-order valence-electron chi connectivity index (χ0n) is 15.7. The second-order valence-corrected chi connectivity index (χ2v) is 8.35. The van der Waals surface area contributed by atoms with Crippen molar-refractivity contribution in [2.75, 3.05) is 58.0 Å². The van der Waals surface area contributed by atoms with Gasteiger partial charge in [0.2, 0.25) is 0 Å². The Bertz CT molecular complexity index is 466. The van der Waals surface area contributed by atoms with Crippen LogP contribution in [0.25, 0.3) is 0 Å². The number of nitrogens with one attached hydrogen (secondary N) is 1. The number of hydrogen-bond acceptors (Lipinski definition) is 5. The maximum Gasteiger partial charge on any atom is 0.193 e. The average molecular weight is 491 g/mol. The summed E-state index contributed by atoms with van der Waals surface area (Å²) >= 11 is 0. The number of hydrogen-bond donors (Lipinski definition) is 1. The van der Waals surface area contributed by atoms with Gasteiger partial charge in [0.15, 0.2) is 15.8 Å². The van der Waals surface area contributed by atoms with Crippen molar-refractivity contribution in [1.29, 1.82) is 0 Å². The van der Waals surface area contributed by atoms with Gasteiger partial charge >= 0.3 is 0 Å². The highest BCUT2D eigenvalue weighted by Crippen LogP contribution is 2.14. The normalized spacial score (nSPS) is 16.6. The minimum Gasteiger partial charge on any atom is -0.385 e. The molecule has 0 aromatic carbocycles. The van der Waals surface area contributed by atoms with E-state index in [-0.39, 0.29) is 35.5 Å². The van der Waals surface area contributed by atoms with Gasteiger partial charge in [0.05, 0.1) is 18.4 Å². The van der Waals surface area contributed by atoms with Crippen LogP contribution in [-0.4, -0.2) is 83.4 Å². The van der Waals surface area contributed by atoms with Crippen molar-refractivity contribution in [3.63, 3.8) is 0 Å². The predicted octanol–water partition coefficient (Wildman–Crippen LogP) is 1.52. The molecule has 150 valence electrons. The van der Waals surface area contributed by atoms with E-state index in [9.17, 15) is 8.42 Å². The number of ether oxygens (including phenoxy) is 2. The Hall–Kier alpha value is -0.130. The molecule has 0 bridgehead atoms. The zero-order valence-corrected chi connectivity index (χ0v) is 18.8. The number of halogens is 1. The number of nitrogens with zero attached hydrogens (tertiary/aromatic N) is 2. The fourth-order valence-corrected chi connectivity index (χ4v) is 3.21. The first-order valence-electron chi connectivity index (χ1n) is 8.86. The molecule has 1 saturated heterocycles. The smallest absolute Gasteiger partial charge is 0.193 e. The lowest BCUT2D eigenvalue weighted by Gasteiger charge is -2.34. The fraction of sp³-hybridized carbons (Fsp3) is 0.938. The molecule has 0 amide bonds. The molecular formula is C16H34IN3O4S. The Morgan fingerprint density at radius 1 is 1.24 bits per heavy atom. The molecule has 0 radical (unpaired) electrons. The third-order valence-electron chi connectivity index (χ3n) is 4.03. The summed E-state index contributed by atoms with van der Waals surface area (Å²) in [5.74, 6) is 1.09. The third-order valence-corrected chi connectivity index (χ3v) is 5.71. The first kappa shape index (κ1) is 24.9. The van der Waals surface area contributed by atoms with Gasteiger partial charge in [-0.05, 0) is 26.2 Å². The number of rotatable bonds is 10. The molecule has 1 fully saturated rings. The van der Waals surface area contributed by atoms with Crippen molar-refractivity contribution < 1.29 is 17.9 Å². The van der Waals surface area contributed by atoms with Crippen LogP contribution in [0.2, 0.25) is 0 Å². The van der Waals surface area contributed by atoms with E-state index < -0.39 is 9.84 Å². The van der Waals surface area contributed by atoms with Crippen LogP contribution in [0.3, 0.4) is 0 Å². The van der Waals surface area contributed by atoms with E-state index >= 15 is 0 Å². The molecule has 7 nitrogen and oxygen atoms in total. The van der Waals surface area contributed by atoms with E-state index in [1.54, 1.807) is 14.0 Å². The quantitative estimate of drug-likeness (QED) is 0.216. The standard InChI is InChI=1S/C16H33N3O4S.HI/c1-4-17-16(18-9-14-24(20,21)5-2)19-10-7-15(8-11-19)23-13-6-12-22-3;/h15H,4-14H2,1-3H3,(H,17,18);1H. The molecule has 1 heterocycles. The minimum absolute atomic E-state index is 0. The molecule has 0 spiro atoms. The molecule has 0 saturated carbocycles. The molecule has 1 rings (SSSR count). The summed E-state index contributed by atoms with van der Waals surface area (Å²) < 4.78 is 34.0. The van der Waals surface area contributed by atoms with Crippen molar-refractivity contribution in [2.24, 2.45) is 4.99 Å². The first-order chi connectivity index (χ1) is 11.5. The van der Waals surface area contributed by atoms with Gasteiger partial charge in [-0.1, -0.05) is 6.92 Å². The highest BCUT2D eigenvalue weighted by atomic mass is 127. The number of likely N-dealkylation sites (tertiary alicyclic amines) is 1. The van der Waals surface area contributed by atoms with E-state index in [1.165, 1.54) is 0 Å². The Morgan fingerprint density at radius 3 is 2.48 bits per heavy atom. The van der Waals surface area contributed by atoms with Crippen LogP contribution in [0.5, 0.6) is 0 Å². The van der Waals surface area contributed by atoms with Gasteiger partial charge in [-0.15, -0.1) is 24.0 Å². The Kier molecular flexibility index (Phi) is 13.9. The SMILES string of the molecule is CCNC(=NCCS(=O)(=O)CC)N1CCC(OCCCOC)CC1.I. The van der Waals surface area contributed by atoms with Crippen LogP contribution in [-0.2, 0) is 19.3 Å². The van der Waals surface area contributed by atoms with Gasteiger partial charge in [-0.2, -0.15) is 0 Å². The maximum atomic E-state index is 11.6. The van der Waals surface area contributed by atoms with E-state index in [0.29, 0.717) is 12.6 Å². The molecule has 9 heteroatoms. The number of guanidine groups is 1. The van der Waals surface area contributed by atoms with Crippen molar-refractivity contribution in [3.8, 4) is 0 Å². The lowest BCUT2D eigenvalue weighted by molar-refractivity contribution is 0.00991. The highest BCUT2D eigenvalue weighted by molar-refractivity contribution is 14.0. The van der Waals surface area contributed by atoms with Gasteiger partial charge in [-0.3, -0.25) is 4.99 Å². The van der Waals surface area contributed by atoms with Crippen LogP contribution in [0.15, 0.2) is 4.99 Å². The van der Waals surface area contributed by atoms with Crippen LogP contribution >= 0.6 is 24.0 Å². The second-order valence-electron chi connectivity index (χ2n) is 5.88. The van der Waals surface area contributed by atoms with Crippen molar-refractivity contribution in [3.05, 3.63) is 0 Å². The number of aliphatic imine (C=N–C) groups is 1. The lowest BCUT2D eigenvalue weighted by atomic mass is 10.1. The van der Waals surface area contributed by atoms with Gasteiger partial charge in [-0.25, -0.2) is 8.42 Å². The minimum atomic E-state index is -2.97. The summed E-state index contributed by atoms with van der Waals surface area (Å²) in [7, 11) is -1.27. The summed E-state index contributed by atoms with van der Waals surface area (Å²) in [6.45, 7) is 7.99. The molecule has 0 aromatic rings. The van der Waals surface area contributed by atoms with Gasteiger partial charge in [0.25, 0.3) is 0 Å². The number of methoxy groups -OCH3 is 1. The molecule has 0 aliphatic carbocycles. The number of sulfone groups is 1. The third kappa shape index (κ3) is 10.6. The second kappa shape index (κ2) is 14.0. The molecule has 1 N–H and O–H groups in total. The largest absolute Gasteiger partial charge is 0.385 e. The Balaban J connectivity index is 0.00000576. The van der Waals surface area contributed by atoms with Crippen LogP contribution in [0.1, 0.15) is 33.1 Å². The van der Waals surface area contributed by atoms with E-state index in [2.05, 4.69) is 15.2 Å². The molecule has 25 heavy (non-hydrogen) atoms. The molecule has 0 unspecified atom stereocenters. The average Bonchev–Trinajstić information content (AvgIpc) is 2.58. The lowest BCUT2D eigenvalue weighted by Crippen LogP contribution is -2.47. The highest BCUT2D eigenvalue weighted by Gasteiger charge is 2.21. The monoisotopic (exact) mass is 491 g/mol. The van der Waals surface area contributed by atoms with E-state index in [4.69, 9.17) is 9.47 Å². The van der Waals surface area contributed by atoms with Crippen LogP contribution in [0.4, 0.5) is 0 Å². The summed E-state index contributed by atoms with van der Waals surface area (Å²) in [5.41, 5.74) is 0. The molecule has 0 aromatic heterocycles. The van der Waals surface area contributed by atoms with Crippen LogP contribution in [0, 0.1) is 0 Å². The maximum absolute atomic E-state index is 11.6. The summed E-state index contributed by atoms with van der Waals surface area (Å²) in [6, 6.07) is 0. The summed E-state index contributed by atoms with van der Waals surface area (Å²) in [5, 5.41) is 3.26. The Labute approximate surface area is 169 Å². The Morgan fingerprint density at radius 2 is 1.92 bits per heavy atom. The van der Waals surface area contributed by atoms with Crippen molar-refractivity contribution >= 4 is 39.8 Å². The van der Waals surface area contributed by atoms with Gasteiger partial charge < -0.3 is 19.7 Å².